The highest BCUT2D eigenvalue weighted by Crippen LogP contribution is 2.31. The molecule has 0 bridgehead atoms. The minimum Gasteiger partial charge on any atom is -0.206 e. The lowest BCUT2D eigenvalue weighted by Crippen LogP contribution is -2.08. The Bertz CT molecular complexity index is 306. The minimum atomic E-state index is -4.60. The summed E-state index contributed by atoms with van der Waals surface area (Å²) in [5.74, 6) is -1.21. The molecule has 13 heavy (non-hydrogen) atoms. The van der Waals surface area contributed by atoms with E-state index in [1.54, 1.807) is 0 Å². The first-order valence-electron chi connectivity index (χ1n) is 3.36. The van der Waals surface area contributed by atoms with Crippen LogP contribution in [-0.4, -0.2) is 0 Å². The van der Waals surface area contributed by atoms with Crippen LogP contribution in [0.1, 0.15) is 11.1 Å². The summed E-state index contributed by atoms with van der Waals surface area (Å²) in [6.45, 7) is 0. The summed E-state index contributed by atoms with van der Waals surface area (Å²) < 4.78 is 49.4. The van der Waals surface area contributed by atoms with E-state index in [1.807, 2.05) is 22.6 Å². The fourth-order valence-corrected chi connectivity index (χ4v) is 1.35. The van der Waals surface area contributed by atoms with Crippen LogP contribution in [0.4, 0.5) is 17.6 Å². The van der Waals surface area contributed by atoms with Crippen molar-refractivity contribution in [2.75, 3.05) is 0 Å². The number of hydrogen-bond donors (Lipinski definition) is 0. The maximum absolute atomic E-state index is 12.8. The van der Waals surface area contributed by atoms with Crippen molar-refractivity contribution in [3.8, 4) is 0 Å². The summed E-state index contributed by atoms with van der Waals surface area (Å²) in [7, 11) is 0. The largest absolute Gasteiger partial charge is 0.419 e. The molecule has 72 valence electrons. The van der Waals surface area contributed by atoms with Gasteiger partial charge in [-0.2, -0.15) is 13.2 Å². The first kappa shape index (κ1) is 10.7. The molecular formula is C8H5F4I. The Morgan fingerprint density at radius 2 is 1.85 bits per heavy atom. The number of benzene rings is 1. The van der Waals surface area contributed by atoms with Gasteiger partial charge in [0, 0.05) is 4.43 Å². The maximum atomic E-state index is 12.8. The SMILES string of the molecule is Fc1cc(CI)ccc1C(F)(F)F. The zero-order valence-electron chi connectivity index (χ0n) is 6.33. The summed E-state index contributed by atoms with van der Waals surface area (Å²) in [5, 5.41) is 0. The van der Waals surface area contributed by atoms with Gasteiger partial charge in [-0.3, -0.25) is 0 Å². The average molecular weight is 304 g/mol. The molecule has 0 fully saturated rings. The second-order valence-corrected chi connectivity index (χ2v) is 3.21. The van der Waals surface area contributed by atoms with Crippen LogP contribution >= 0.6 is 22.6 Å². The fraction of sp³-hybridized carbons (Fsp3) is 0.250. The van der Waals surface area contributed by atoms with Crippen molar-refractivity contribution in [2.24, 2.45) is 0 Å². The fourth-order valence-electron chi connectivity index (χ4n) is 0.872. The molecule has 0 aromatic heterocycles. The molecule has 1 aromatic rings. The Morgan fingerprint density at radius 3 is 2.23 bits per heavy atom. The average Bonchev–Trinajstić information content (AvgIpc) is 2.01. The van der Waals surface area contributed by atoms with E-state index in [4.69, 9.17) is 0 Å². The third-order valence-corrected chi connectivity index (χ3v) is 2.37. The van der Waals surface area contributed by atoms with Gasteiger partial charge in [-0.1, -0.05) is 28.7 Å². The minimum absolute atomic E-state index is 0.493. The highest BCUT2D eigenvalue weighted by atomic mass is 127. The molecule has 5 heteroatoms. The van der Waals surface area contributed by atoms with E-state index in [2.05, 4.69) is 0 Å². The molecular weight excluding hydrogens is 299 g/mol. The van der Waals surface area contributed by atoms with Crippen molar-refractivity contribution in [2.45, 2.75) is 10.6 Å². The van der Waals surface area contributed by atoms with E-state index in [-0.39, 0.29) is 0 Å². The summed E-state index contributed by atoms with van der Waals surface area (Å²) in [5.41, 5.74) is -0.660. The molecule has 0 saturated heterocycles. The van der Waals surface area contributed by atoms with E-state index in [0.29, 0.717) is 9.99 Å². The quantitative estimate of drug-likeness (QED) is 0.421. The molecule has 0 nitrogen and oxygen atoms in total. The molecule has 0 heterocycles. The number of hydrogen-bond acceptors (Lipinski definition) is 0. The van der Waals surface area contributed by atoms with Gasteiger partial charge in [0.25, 0.3) is 0 Å². The predicted octanol–water partition coefficient (Wildman–Crippen LogP) is 3.78. The third-order valence-electron chi connectivity index (χ3n) is 1.49. The second-order valence-electron chi connectivity index (χ2n) is 2.45. The van der Waals surface area contributed by atoms with Crippen LogP contribution in [-0.2, 0) is 10.6 Å². The zero-order chi connectivity index (χ0) is 10.1. The van der Waals surface area contributed by atoms with E-state index in [9.17, 15) is 17.6 Å². The van der Waals surface area contributed by atoms with Crippen LogP contribution in [0.25, 0.3) is 0 Å². The Balaban J connectivity index is 3.13. The smallest absolute Gasteiger partial charge is 0.206 e. The van der Waals surface area contributed by atoms with Crippen molar-refractivity contribution in [1.82, 2.24) is 0 Å². The highest BCUT2D eigenvalue weighted by molar-refractivity contribution is 14.1. The summed E-state index contributed by atoms with van der Waals surface area (Å²) in [6.07, 6.45) is -4.60. The van der Waals surface area contributed by atoms with Gasteiger partial charge in [-0.15, -0.1) is 0 Å². The molecule has 0 unspecified atom stereocenters. The van der Waals surface area contributed by atoms with Crippen molar-refractivity contribution in [3.05, 3.63) is 35.1 Å². The first-order chi connectivity index (χ1) is 5.95. The number of rotatable bonds is 1. The van der Waals surface area contributed by atoms with Crippen molar-refractivity contribution < 1.29 is 17.6 Å². The van der Waals surface area contributed by atoms with Gasteiger partial charge in [0.05, 0.1) is 5.56 Å². The Morgan fingerprint density at radius 1 is 1.23 bits per heavy atom. The Kier molecular flexibility index (Phi) is 3.15. The van der Waals surface area contributed by atoms with E-state index in [0.717, 1.165) is 12.1 Å². The van der Waals surface area contributed by atoms with Gasteiger partial charge in [0.15, 0.2) is 0 Å². The van der Waals surface area contributed by atoms with Crippen LogP contribution in [0.2, 0.25) is 0 Å². The topological polar surface area (TPSA) is 0 Å². The summed E-state index contributed by atoms with van der Waals surface area (Å²) in [4.78, 5) is 0. The predicted molar refractivity (Wildman–Crippen MR) is 49.1 cm³/mol. The first-order valence-corrected chi connectivity index (χ1v) is 4.89. The van der Waals surface area contributed by atoms with E-state index >= 15 is 0 Å². The van der Waals surface area contributed by atoms with Crippen LogP contribution in [0.3, 0.4) is 0 Å². The standard InChI is InChI=1S/C8H5F4I/c9-7-3-5(4-13)1-2-6(7)8(10,11)12/h1-3H,4H2. The molecule has 1 aromatic carbocycles. The lowest BCUT2D eigenvalue weighted by molar-refractivity contribution is -0.140. The zero-order valence-corrected chi connectivity index (χ0v) is 8.49. The van der Waals surface area contributed by atoms with Gasteiger partial charge < -0.3 is 0 Å². The molecule has 0 aliphatic rings. The molecule has 0 spiro atoms. The van der Waals surface area contributed by atoms with Crippen LogP contribution in [0.5, 0.6) is 0 Å². The van der Waals surface area contributed by atoms with Gasteiger partial charge in [0.2, 0.25) is 0 Å². The number of halogens is 5. The summed E-state index contributed by atoms with van der Waals surface area (Å²) >= 11 is 1.95. The van der Waals surface area contributed by atoms with Gasteiger partial charge in [0.1, 0.15) is 5.82 Å². The van der Waals surface area contributed by atoms with Crippen LogP contribution in [0.15, 0.2) is 18.2 Å². The molecule has 0 saturated carbocycles. The van der Waals surface area contributed by atoms with Crippen LogP contribution in [0, 0.1) is 5.82 Å². The molecule has 0 amide bonds. The molecule has 1 rings (SSSR count). The molecule has 0 aliphatic carbocycles. The van der Waals surface area contributed by atoms with E-state index < -0.39 is 17.6 Å². The molecule has 0 radical (unpaired) electrons. The Hall–Kier alpha value is -0.330. The van der Waals surface area contributed by atoms with E-state index in [1.165, 1.54) is 6.07 Å². The van der Waals surface area contributed by atoms with Gasteiger partial charge >= 0.3 is 6.18 Å². The second kappa shape index (κ2) is 3.81. The van der Waals surface area contributed by atoms with Crippen LogP contribution < -0.4 is 0 Å². The van der Waals surface area contributed by atoms with Gasteiger partial charge in [-0.05, 0) is 17.7 Å². The van der Waals surface area contributed by atoms with Crippen molar-refractivity contribution in [1.29, 1.82) is 0 Å². The third kappa shape index (κ3) is 2.55. The lowest BCUT2D eigenvalue weighted by Gasteiger charge is -2.08. The molecule has 0 atom stereocenters. The normalized spacial score (nSPS) is 11.8. The highest BCUT2D eigenvalue weighted by Gasteiger charge is 2.33. The Labute approximate surface area is 86.1 Å². The van der Waals surface area contributed by atoms with Crippen molar-refractivity contribution in [3.63, 3.8) is 0 Å². The maximum Gasteiger partial charge on any atom is 0.419 e. The number of alkyl halides is 4. The monoisotopic (exact) mass is 304 g/mol. The lowest BCUT2D eigenvalue weighted by atomic mass is 10.1. The summed E-state index contributed by atoms with van der Waals surface area (Å²) in [6, 6.07) is 2.96. The van der Waals surface area contributed by atoms with Gasteiger partial charge in [-0.25, -0.2) is 4.39 Å². The molecule has 0 aliphatic heterocycles. The van der Waals surface area contributed by atoms with Crippen molar-refractivity contribution >= 4 is 22.6 Å². The molecule has 0 N–H and O–H groups in total.